The van der Waals surface area contributed by atoms with Gasteiger partial charge in [-0.25, -0.2) is 13.1 Å². The molecule has 0 spiro atoms. The van der Waals surface area contributed by atoms with Gasteiger partial charge >= 0.3 is 0 Å². The van der Waals surface area contributed by atoms with Crippen molar-refractivity contribution < 1.29 is 17.9 Å². The van der Waals surface area contributed by atoms with Gasteiger partial charge in [0.1, 0.15) is 5.75 Å². The highest BCUT2D eigenvalue weighted by Crippen LogP contribution is 2.16. The molecule has 0 aromatic heterocycles. The number of carbonyl (C=O) groups is 1. The van der Waals surface area contributed by atoms with Crippen LogP contribution in [-0.2, 0) is 14.8 Å². The van der Waals surface area contributed by atoms with Crippen LogP contribution in [0.4, 0.5) is 0 Å². The number of aryl methyl sites for hydroxylation is 2. The van der Waals surface area contributed by atoms with Gasteiger partial charge in [-0.05, 0) is 37.1 Å². The maximum absolute atomic E-state index is 11.5. The third kappa shape index (κ3) is 6.53. The van der Waals surface area contributed by atoms with E-state index in [2.05, 4.69) is 10.0 Å². The molecule has 7 heteroatoms. The predicted octanol–water partition coefficient (Wildman–Crippen LogP) is 0.348. The van der Waals surface area contributed by atoms with Crippen molar-refractivity contribution in [3.8, 4) is 5.75 Å². The van der Waals surface area contributed by atoms with E-state index in [9.17, 15) is 13.2 Å². The second-order valence-electron chi connectivity index (χ2n) is 4.55. The molecule has 1 amide bonds. The zero-order valence-electron chi connectivity index (χ0n) is 11.9. The van der Waals surface area contributed by atoms with Crippen LogP contribution in [0.25, 0.3) is 0 Å². The molecule has 0 heterocycles. The molecule has 2 N–H and O–H groups in total. The van der Waals surface area contributed by atoms with Crippen LogP contribution in [0.1, 0.15) is 11.1 Å². The summed E-state index contributed by atoms with van der Waals surface area (Å²) in [7, 11) is -3.22. The van der Waals surface area contributed by atoms with Gasteiger partial charge in [0.05, 0.1) is 6.26 Å². The molecule has 6 nitrogen and oxygen atoms in total. The molecule has 0 bridgehead atoms. The summed E-state index contributed by atoms with van der Waals surface area (Å²) in [6, 6.07) is 5.60. The summed E-state index contributed by atoms with van der Waals surface area (Å²) >= 11 is 0. The second kappa shape index (κ2) is 7.25. The molecule has 0 unspecified atom stereocenters. The predicted molar refractivity (Wildman–Crippen MR) is 77.3 cm³/mol. The highest BCUT2D eigenvalue weighted by Gasteiger charge is 2.04. The minimum absolute atomic E-state index is 0.0959. The van der Waals surface area contributed by atoms with E-state index in [1.54, 1.807) is 6.07 Å². The van der Waals surface area contributed by atoms with Crippen LogP contribution in [0.5, 0.6) is 5.75 Å². The third-order valence-electron chi connectivity index (χ3n) is 2.66. The lowest BCUT2D eigenvalue weighted by Crippen LogP contribution is -2.36. The summed E-state index contributed by atoms with van der Waals surface area (Å²) in [6.45, 7) is 4.26. The van der Waals surface area contributed by atoms with E-state index in [1.165, 1.54) is 0 Å². The van der Waals surface area contributed by atoms with Crippen LogP contribution in [0, 0.1) is 13.8 Å². The summed E-state index contributed by atoms with van der Waals surface area (Å²) in [5.41, 5.74) is 2.26. The monoisotopic (exact) mass is 300 g/mol. The third-order valence-corrected chi connectivity index (χ3v) is 3.39. The molecule has 1 rings (SSSR count). The van der Waals surface area contributed by atoms with E-state index in [0.29, 0.717) is 5.75 Å². The average molecular weight is 300 g/mol. The lowest BCUT2D eigenvalue weighted by atomic mass is 10.1. The maximum Gasteiger partial charge on any atom is 0.257 e. The van der Waals surface area contributed by atoms with Crippen molar-refractivity contribution in [2.24, 2.45) is 0 Å². The molecule has 0 aliphatic rings. The number of benzene rings is 1. The Morgan fingerprint density at radius 2 is 1.90 bits per heavy atom. The summed E-state index contributed by atoms with van der Waals surface area (Å²) in [4.78, 5) is 11.5. The molecule has 0 fully saturated rings. The quantitative estimate of drug-likeness (QED) is 0.712. The first-order valence-electron chi connectivity index (χ1n) is 6.19. The number of hydrogen-bond acceptors (Lipinski definition) is 4. The number of ether oxygens (including phenoxy) is 1. The zero-order valence-corrected chi connectivity index (χ0v) is 12.7. The normalized spacial score (nSPS) is 11.2. The number of sulfonamides is 1. The first kappa shape index (κ1) is 16.5. The molecule has 0 saturated carbocycles. The van der Waals surface area contributed by atoms with Crippen LogP contribution < -0.4 is 14.8 Å². The number of amides is 1. The number of carbonyl (C=O) groups excluding carboxylic acids is 1. The zero-order chi connectivity index (χ0) is 15.2. The Kier molecular flexibility index (Phi) is 5.97. The van der Waals surface area contributed by atoms with Crippen molar-refractivity contribution in [2.75, 3.05) is 26.0 Å². The van der Waals surface area contributed by atoms with Crippen molar-refractivity contribution in [2.45, 2.75) is 13.8 Å². The first-order chi connectivity index (χ1) is 9.28. The van der Waals surface area contributed by atoms with Crippen LogP contribution >= 0.6 is 0 Å². The van der Waals surface area contributed by atoms with E-state index in [-0.39, 0.29) is 25.6 Å². The summed E-state index contributed by atoms with van der Waals surface area (Å²) in [5.74, 6) is 0.344. The number of nitrogens with one attached hydrogen (secondary N) is 2. The van der Waals surface area contributed by atoms with Gasteiger partial charge in [-0.2, -0.15) is 0 Å². The molecule has 1 aromatic rings. The molecule has 112 valence electrons. The van der Waals surface area contributed by atoms with E-state index in [1.807, 2.05) is 26.0 Å². The van der Waals surface area contributed by atoms with Crippen LogP contribution in [0.2, 0.25) is 0 Å². The standard InChI is InChI=1S/C13H20N2O4S/c1-10-4-5-12(8-11(10)2)19-9-13(16)14-6-7-15-20(3,17)18/h4-5,8,15H,6-7,9H2,1-3H3,(H,14,16). The summed E-state index contributed by atoms with van der Waals surface area (Å²) in [5, 5.41) is 2.56. The molecule has 20 heavy (non-hydrogen) atoms. The van der Waals surface area contributed by atoms with Crippen molar-refractivity contribution in [3.63, 3.8) is 0 Å². The Labute approximate surface area is 119 Å². The Hall–Kier alpha value is -1.60. The van der Waals surface area contributed by atoms with Gasteiger partial charge in [0.2, 0.25) is 10.0 Å². The molecule has 0 atom stereocenters. The largest absolute Gasteiger partial charge is 0.484 e. The molecule has 1 aromatic carbocycles. The Morgan fingerprint density at radius 3 is 2.50 bits per heavy atom. The van der Waals surface area contributed by atoms with Crippen molar-refractivity contribution >= 4 is 15.9 Å². The van der Waals surface area contributed by atoms with E-state index < -0.39 is 10.0 Å². The Morgan fingerprint density at radius 1 is 1.20 bits per heavy atom. The van der Waals surface area contributed by atoms with Gasteiger partial charge < -0.3 is 10.1 Å². The fourth-order valence-corrected chi connectivity index (χ4v) is 1.91. The van der Waals surface area contributed by atoms with E-state index in [4.69, 9.17) is 4.74 Å². The maximum atomic E-state index is 11.5. The molecule has 0 saturated heterocycles. The van der Waals surface area contributed by atoms with Crippen molar-refractivity contribution in [1.29, 1.82) is 0 Å². The minimum Gasteiger partial charge on any atom is -0.484 e. The smallest absolute Gasteiger partial charge is 0.257 e. The summed E-state index contributed by atoms with van der Waals surface area (Å²) in [6.07, 6.45) is 1.07. The fraction of sp³-hybridized carbons (Fsp3) is 0.462. The topological polar surface area (TPSA) is 84.5 Å². The van der Waals surface area contributed by atoms with Crippen LogP contribution in [0.3, 0.4) is 0 Å². The Bertz CT molecular complexity index is 570. The van der Waals surface area contributed by atoms with Gasteiger partial charge in [-0.3, -0.25) is 4.79 Å². The highest BCUT2D eigenvalue weighted by molar-refractivity contribution is 7.88. The van der Waals surface area contributed by atoms with E-state index in [0.717, 1.165) is 17.4 Å². The lowest BCUT2D eigenvalue weighted by molar-refractivity contribution is -0.123. The summed E-state index contributed by atoms with van der Waals surface area (Å²) < 4.78 is 29.2. The highest BCUT2D eigenvalue weighted by atomic mass is 32.2. The van der Waals surface area contributed by atoms with Gasteiger partial charge in [0.25, 0.3) is 5.91 Å². The molecule has 0 aliphatic heterocycles. The van der Waals surface area contributed by atoms with Crippen LogP contribution in [-0.4, -0.2) is 40.3 Å². The fourth-order valence-electron chi connectivity index (χ4n) is 1.44. The number of hydrogen-bond donors (Lipinski definition) is 2. The van der Waals surface area contributed by atoms with Crippen LogP contribution in [0.15, 0.2) is 18.2 Å². The molecule has 0 aliphatic carbocycles. The average Bonchev–Trinajstić information content (AvgIpc) is 2.35. The van der Waals surface area contributed by atoms with E-state index >= 15 is 0 Å². The molecule has 0 radical (unpaired) electrons. The van der Waals surface area contributed by atoms with Gasteiger partial charge in [0, 0.05) is 13.1 Å². The van der Waals surface area contributed by atoms with Gasteiger partial charge in [-0.1, -0.05) is 6.07 Å². The SMILES string of the molecule is Cc1ccc(OCC(=O)NCCNS(C)(=O)=O)cc1C. The Balaban J connectivity index is 2.27. The second-order valence-corrected chi connectivity index (χ2v) is 6.38. The number of rotatable bonds is 7. The molecular weight excluding hydrogens is 280 g/mol. The first-order valence-corrected chi connectivity index (χ1v) is 8.08. The minimum atomic E-state index is -3.22. The van der Waals surface area contributed by atoms with Crippen molar-refractivity contribution in [1.82, 2.24) is 10.0 Å². The van der Waals surface area contributed by atoms with Crippen molar-refractivity contribution in [3.05, 3.63) is 29.3 Å². The van der Waals surface area contributed by atoms with Gasteiger partial charge in [0.15, 0.2) is 6.61 Å². The van der Waals surface area contributed by atoms with Gasteiger partial charge in [-0.15, -0.1) is 0 Å². The molecular formula is C13H20N2O4S. The lowest BCUT2D eigenvalue weighted by Gasteiger charge is -2.09.